The van der Waals surface area contributed by atoms with Crippen LogP contribution in [0.3, 0.4) is 0 Å². The van der Waals surface area contributed by atoms with Crippen LogP contribution in [-0.2, 0) is 12.8 Å². The molecule has 0 radical (unpaired) electrons. The molecule has 2 heterocycles. The van der Waals surface area contributed by atoms with Crippen LogP contribution in [0.25, 0.3) is 0 Å². The maximum Gasteiger partial charge on any atom is 0.346 e. The van der Waals surface area contributed by atoms with Gasteiger partial charge in [0, 0.05) is 24.3 Å². The van der Waals surface area contributed by atoms with E-state index in [9.17, 15) is 4.79 Å². The molecule has 0 spiro atoms. The Bertz CT molecular complexity index is 633. The van der Waals surface area contributed by atoms with Crippen LogP contribution in [0.2, 0.25) is 0 Å². The predicted molar refractivity (Wildman–Crippen MR) is 76.1 cm³/mol. The Hall–Kier alpha value is -2.01. The van der Waals surface area contributed by atoms with Crippen molar-refractivity contribution in [3.63, 3.8) is 0 Å². The van der Waals surface area contributed by atoms with E-state index in [2.05, 4.69) is 6.07 Å². The van der Waals surface area contributed by atoms with E-state index in [4.69, 9.17) is 14.6 Å². The lowest BCUT2D eigenvalue weighted by Gasteiger charge is -2.05. The first-order valence-electron chi connectivity index (χ1n) is 6.41. The Morgan fingerprint density at radius 3 is 3.10 bits per heavy atom. The third kappa shape index (κ3) is 2.77. The quantitative estimate of drug-likeness (QED) is 0.919. The molecule has 0 saturated heterocycles. The Morgan fingerprint density at radius 1 is 1.40 bits per heavy atom. The maximum atomic E-state index is 10.8. The molecule has 2 aromatic rings. The molecule has 20 heavy (non-hydrogen) atoms. The number of carboxylic acid groups (broad SMARTS) is 1. The topological polar surface area (TPSA) is 55.8 Å². The first kappa shape index (κ1) is 13.0. The zero-order valence-electron chi connectivity index (χ0n) is 10.8. The molecule has 0 amide bonds. The van der Waals surface area contributed by atoms with E-state index in [1.807, 2.05) is 12.1 Å². The van der Waals surface area contributed by atoms with Crippen molar-refractivity contribution in [2.45, 2.75) is 12.8 Å². The molecule has 1 aliphatic rings. The fourth-order valence-corrected chi connectivity index (χ4v) is 2.85. The number of aromatic carboxylic acids is 1. The second kappa shape index (κ2) is 5.54. The second-order valence-corrected chi connectivity index (χ2v) is 5.50. The summed E-state index contributed by atoms with van der Waals surface area (Å²) in [7, 11) is 0. The van der Waals surface area contributed by atoms with Gasteiger partial charge in [-0.15, -0.1) is 11.3 Å². The molecule has 0 fully saturated rings. The Morgan fingerprint density at radius 2 is 2.30 bits per heavy atom. The van der Waals surface area contributed by atoms with Crippen molar-refractivity contribution < 1.29 is 19.4 Å². The Balaban J connectivity index is 1.55. The van der Waals surface area contributed by atoms with E-state index in [1.54, 1.807) is 11.4 Å². The zero-order chi connectivity index (χ0) is 13.9. The number of rotatable bonds is 5. The van der Waals surface area contributed by atoms with E-state index in [0.29, 0.717) is 17.2 Å². The first-order valence-corrected chi connectivity index (χ1v) is 7.29. The molecule has 1 aromatic heterocycles. The molecule has 4 nitrogen and oxygen atoms in total. The monoisotopic (exact) mass is 290 g/mol. The van der Waals surface area contributed by atoms with E-state index in [-0.39, 0.29) is 0 Å². The van der Waals surface area contributed by atoms with Crippen LogP contribution in [0.5, 0.6) is 11.5 Å². The van der Waals surface area contributed by atoms with Crippen LogP contribution in [0.4, 0.5) is 0 Å². The lowest BCUT2D eigenvalue weighted by molar-refractivity contribution is 0.0702. The van der Waals surface area contributed by atoms with Crippen LogP contribution in [0.1, 0.15) is 20.8 Å². The average Bonchev–Trinajstić information content (AvgIpc) is 3.06. The molecule has 0 saturated carbocycles. The predicted octanol–water partition coefficient (Wildman–Crippen LogP) is 3.00. The third-order valence-electron chi connectivity index (χ3n) is 3.20. The molecule has 0 aliphatic carbocycles. The first-order chi connectivity index (χ1) is 9.72. The highest BCUT2D eigenvalue weighted by Crippen LogP contribution is 2.26. The van der Waals surface area contributed by atoms with Crippen LogP contribution in [-0.4, -0.2) is 24.3 Å². The van der Waals surface area contributed by atoms with E-state index < -0.39 is 5.97 Å². The summed E-state index contributed by atoms with van der Waals surface area (Å²) in [6, 6.07) is 7.76. The van der Waals surface area contributed by atoms with Crippen molar-refractivity contribution in [2.75, 3.05) is 13.2 Å². The number of thiophene rings is 1. The lowest BCUT2D eigenvalue weighted by atomic mass is 10.1. The summed E-state index contributed by atoms with van der Waals surface area (Å²) >= 11 is 1.18. The van der Waals surface area contributed by atoms with Crippen molar-refractivity contribution in [2.24, 2.45) is 0 Å². The molecule has 104 valence electrons. The van der Waals surface area contributed by atoms with Gasteiger partial charge < -0.3 is 14.6 Å². The molecule has 0 atom stereocenters. The lowest BCUT2D eigenvalue weighted by Crippen LogP contribution is -2.01. The molecule has 1 aliphatic heterocycles. The highest BCUT2D eigenvalue weighted by Gasteiger charge is 2.12. The third-order valence-corrected chi connectivity index (χ3v) is 4.10. The van der Waals surface area contributed by atoms with Gasteiger partial charge in [-0.05, 0) is 17.2 Å². The minimum absolute atomic E-state index is 0.301. The van der Waals surface area contributed by atoms with Crippen LogP contribution in [0.15, 0.2) is 29.6 Å². The van der Waals surface area contributed by atoms with Gasteiger partial charge in [0.05, 0.1) is 13.2 Å². The smallest absolute Gasteiger partial charge is 0.346 e. The summed E-state index contributed by atoms with van der Waals surface area (Å²) in [6.07, 6.45) is 1.77. The molecule has 5 heteroatoms. The molecule has 0 bridgehead atoms. The molecular weight excluding hydrogens is 276 g/mol. The fraction of sp³-hybridized carbons (Fsp3) is 0.267. The van der Waals surface area contributed by atoms with Crippen LogP contribution >= 0.6 is 11.3 Å². The van der Waals surface area contributed by atoms with Gasteiger partial charge in [-0.1, -0.05) is 12.1 Å². The minimum atomic E-state index is -0.913. The fourth-order valence-electron chi connectivity index (χ4n) is 2.19. The van der Waals surface area contributed by atoms with Gasteiger partial charge in [0.1, 0.15) is 16.4 Å². The zero-order valence-corrected chi connectivity index (χ0v) is 11.6. The van der Waals surface area contributed by atoms with Gasteiger partial charge in [0.15, 0.2) is 0 Å². The summed E-state index contributed by atoms with van der Waals surface area (Å²) in [6.45, 7) is 1.30. The van der Waals surface area contributed by atoms with Gasteiger partial charge in [0.25, 0.3) is 0 Å². The standard InChI is InChI=1S/C15H14O4S/c16-15(17)14-8-12(9-20-14)18-5-3-10-1-2-13-11(7-10)4-6-19-13/h1-2,7-9H,3-6H2,(H,16,17). The number of carbonyl (C=O) groups is 1. The van der Waals surface area contributed by atoms with Crippen LogP contribution < -0.4 is 9.47 Å². The number of hydrogen-bond acceptors (Lipinski definition) is 4. The number of benzene rings is 1. The maximum absolute atomic E-state index is 10.8. The molecule has 1 N–H and O–H groups in total. The summed E-state index contributed by atoms with van der Waals surface area (Å²) in [5, 5.41) is 10.6. The SMILES string of the molecule is O=C(O)c1cc(OCCc2ccc3c(c2)CCO3)cs1. The molecule has 3 rings (SSSR count). The highest BCUT2D eigenvalue weighted by molar-refractivity contribution is 7.12. The van der Waals surface area contributed by atoms with Crippen molar-refractivity contribution >= 4 is 17.3 Å². The van der Waals surface area contributed by atoms with Gasteiger partial charge in [-0.3, -0.25) is 0 Å². The number of carboxylic acids is 1. The highest BCUT2D eigenvalue weighted by atomic mass is 32.1. The summed E-state index contributed by atoms with van der Waals surface area (Å²) in [5.74, 6) is 0.693. The van der Waals surface area contributed by atoms with E-state index in [0.717, 1.165) is 25.2 Å². The van der Waals surface area contributed by atoms with Crippen molar-refractivity contribution in [1.29, 1.82) is 0 Å². The summed E-state index contributed by atoms with van der Waals surface area (Å²) in [4.78, 5) is 11.1. The van der Waals surface area contributed by atoms with Gasteiger partial charge in [0.2, 0.25) is 0 Å². The minimum Gasteiger partial charge on any atom is -0.493 e. The average molecular weight is 290 g/mol. The van der Waals surface area contributed by atoms with Crippen molar-refractivity contribution in [3.05, 3.63) is 45.6 Å². The van der Waals surface area contributed by atoms with Gasteiger partial charge >= 0.3 is 5.97 Å². The second-order valence-electron chi connectivity index (χ2n) is 4.59. The Labute approximate surface area is 120 Å². The van der Waals surface area contributed by atoms with Crippen molar-refractivity contribution in [1.82, 2.24) is 0 Å². The summed E-state index contributed by atoms with van der Waals surface area (Å²) in [5.41, 5.74) is 2.47. The number of fused-ring (bicyclic) bond motifs is 1. The summed E-state index contributed by atoms with van der Waals surface area (Å²) < 4.78 is 11.0. The van der Waals surface area contributed by atoms with E-state index in [1.165, 1.54) is 22.5 Å². The largest absolute Gasteiger partial charge is 0.493 e. The number of ether oxygens (including phenoxy) is 2. The van der Waals surface area contributed by atoms with Gasteiger partial charge in [-0.2, -0.15) is 0 Å². The molecular formula is C15H14O4S. The van der Waals surface area contributed by atoms with Crippen molar-refractivity contribution in [3.8, 4) is 11.5 Å². The number of hydrogen-bond donors (Lipinski definition) is 1. The van der Waals surface area contributed by atoms with E-state index >= 15 is 0 Å². The Kier molecular flexibility index (Phi) is 3.60. The van der Waals surface area contributed by atoms with Gasteiger partial charge in [-0.25, -0.2) is 4.79 Å². The normalized spacial score (nSPS) is 12.8. The molecule has 1 aromatic carbocycles. The molecule has 0 unspecified atom stereocenters. The van der Waals surface area contributed by atoms with Crippen LogP contribution in [0, 0.1) is 0 Å².